The van der Waals surface area contributed by atoms with Gasteiger partial charge in [0.1, 0.15) is 13.3 Å². The number of cyclic esters (lactones) is 2. The third-order valence-corrected chi connectivity index (χ3v) is 0.745. The first kappa shape index (κ1) is 6.03. The van der Waals surface area contributed by atoms with E-state index in [9.17, 15) is 9.59 Å². The molecule has 0 unspecified atom stereocenters. The first-order valence-corrected chi connectivity index (χ1v) is 2.35. The lowest BCUT2D eigenvalue weighted by Crippen LogP contribution is -2.23. The van der Waals surface area contributed by atoms with Gasteiger partial charge in [0.15, 0.2) is 0 Å². The highest BCUT2D eigenvalue weighted by molar-refractivity contribution is 5.85. The van der Waals surface area contributed by atoms with E-state index in [4.69, 9.17) is 0 Å². The molecule has 1 N–H and O–H groups in total. The zero-order valence-electron chi connectivity index (χ0n) is 4.55. The Hall–Kier alpha value is -1.10. The summed E-state index contributed by atoms with van der Waals surface area (Å²) in [5, 5.41) is 2.17. The molecule has 9 heavy (non-hydrogen) atoms. The van der Waals surface area contributed by atoms with Gasteiger partial charge >= 0.3 is 12.1 Å². The Labute approximate surface area is 50.9 Å². The monoisotopic (exact) mass is 131 g/mol. The van der Waals surface area contributed by atoms with Crippen LogP contribution in [0.25, 0.3) is 0 Å². The third-order valence-electron chi connectivity index (χ3n) is 0.745. The van der Waals surface area contributed by atoms with Gasteiger partial charge < -0.3 is 9.47 Å². The molecular formula is C4H5NO4. The van der Waals surface area contributed by atoms with Gasteiger partial charge in [-0.15, -0.1) is 0 Å². The summed E-state index contributed by atoms with van der Waals surface area (Å²) in [6.45, 7) is -0.136. The molecule has 50 valence electrons. The van der Waals surface area contributed by atoms with Gasteiger partial charge in [-0.25, -0.2) is 9.59 Å². The van der Waals surface area contributed by atoms with Crippen molar-refractivity contribution in [3.05, 3.63) is 0 Å². The molecule has 1 saturated heterocycles. The number of hydrogen-bond donors (Lipinski definition) is 1. The van der Waals surface area contributed by atoms with Crippen molar-refractivity contribution in [2.24, 2.45) is 0 Å². The van der Waals surface area contributed by atoms with Crippen molar-refractivity contribution in [3.8, 4) is 0 Å². The van der Waals surface area contributed by atoms with Crippen molar-refractivity contribution in [1.82, 2.24) is 5.32 Å². The average molecular weight is 131 g/mol. The van der Waals surface area contributed by atoms with Crippen LogP contribution in [0, 0.1) is 0 Å². The fraction of sp³-hybridized carbons (Fsp3) is 0.500. The van der Waals surface area contributed by atoms with Gasteiger partial charge in [-0.3, -0.25) is 5.32 Å². The maximum atomic E-state index is 10.3. The number of esters is 1. The van der Waals surface area contributed by atoms with Crippen molar-refractivity contribution in [1.29, 1.82) is 0 Å². The predicted molar refractivity (Wildman–Crippen MR) is 25.4 cm³/mol. The predicted octanol–water partition coefficient (Wildman–Crippen LogP) is -0.773. The number of hydrogen-bond acceptors (Lipinski definition) is 4. The Morgan fingerprint density at radius 2 is 2.22 bits per heavy atom. The van der Waals surface area contributed by atoms with Crippen molar-refractivity contribution < 1.29 is 19.1 Å². The summed E-state index contributed by atoms with van der Waals surface area (Å²) in [7, 11) is 0. The zero-order chi connectivity index (χ0) is 6.69. The summed E-state index contributed by atoms with van der Waals surface area (Å²) >= 11 is 0. The molecule has 1 fully saturated rings. The average Bonchev–Trinajstić information content (AvgIpc) is 1.93. The second kappa shape index (κ2) is 2.45. The van der Waals surface area contributed by atoms with E-state index in [1.807, 2.05) is 0 Å². The van der Waals surface area contributed by atoms with Gasteiger partial charge in [0.05, 0.1) is 0 Å². The van der Waals surface area contributed by atoms with Crippen LogP contribution in [0.3, 0.4) is 0 Å². The maximum absolute atomic E-state index is 10.3. The smallest absolute Gasteiger partial charge is 0.374 e. The van der Waals surface area contributed by atoms with Crippen LogP contribution in [-0.4, -0.2) is 25.4 Å². The number of ether oxygens (including phenoxy) is 2. The van der Waals surface area contributed by atoms with E-state index in [0.29, 0.717) is 0 Å². The van der Waals surface area contributed by atoms with Crippen molar-refractivity contribution >= 4 is 12.1 Å². The Bertz CT molecular complexity index is 128. The molecular weight excluding hydrogens is 126 g/mol. The molecule has 1 rings (SSSR count). The van der Waals surface area contributed by atoms with Crippen LogP contribution in [0.1, 0.15) is 0 Å². The Kier molecular flexibility index (Phi) is 1.64. The molecule has 0 radical (unpaired) electrons. The second-order valence-electron chi connectivity index (χ2n) is 1.43. The molecule has 0 aliphatic carbocycles. The fourth-order valence-corrected chi connectivity index (χ4v) is 0.413. The van der Waals surface area contributed by atoms with Gasteiger partial charge in [-0.1, -0.05) is 0 Å². The molecule has 5 heteroatoms. The molecule has 0 bridgehead atoms. The molecule has 0 atom stereocenters. The molecule has 0 aromatic carbocycles. The van der Waals surface area contributed by atoms with Crippen molar-refractivity contribution in [3.63, 3.8) is 0 Å². The van der Waals surface area contributed by atoms with E-state index in [2.05, 4.69) is 14.8 Å². The minimum absolute atomic E-state index is 0.0323. The van der Waals surface area contributed by atoms with Gasteiger partial charge in [-0.05, 0) is 0 Å². The number of carbonyl (C=O) groups excluding carboxylic acids is 2. The summed E-state index contributed by atoms with van der Waals surface area (Å²) in [5.74, 6) is -0.662. The van der Waals surface area contributed by atoms with Crippen molar-refractivity contribution in [2.45, 2.75) is 0 Å². The first-order valence-electron chi connectivity index (χ1n) is 2.35. The molecule has 0 saturated carbocycles. The molecule has 0 aromatic rings. The summed E-state index contributed by atoms with van der Waals surface area (Å²) in [6, 6.07) is 0. The molecule has 1 amide bonds. The topological polar surface area (TPSA) is 64.6 Å². The highest BCUT2D eigenvalue weighted by atomic mass is 16.6. The van der Waals surface area contributed by atoms with Crippen LogP contribution in [0.4, 0.5) is 4.79 Å². The Balaban J connectivity index is 2.47. The molecule has 0 spiro atoms. The van der Waals surface area contributed by atoms with E-state index in [-0.39, 0.29) is 13.3 Å². The summed E-state index contributed by atoms with van der Waals surface area (Å²) in [5.41, 5.74) is 0. The molecule has 1 aliphatic heterocycles. The van der Waals surface area contributed by atoms with Gasteiger partial charge in [0.25, 0.3) is 0 Å². The van der Waals surface area contributed by atoms with Crippen LogP contribution in [0.2, 0.25) is 0 Å². The largest absolute Gasteiger partial charge is 0.416 e. The van der Waals surface area contributed by atoms with E-state index in [1.54, 1.807) is 0 Å². The normalized spacial score (nSPS) is 20.0. The number of alkyl carbamates (subject to hydrolysis) is 1. The number of carbonyl (C=O) groups is 2. The standard InChI is InChI=1S/C4H5NO4/c6-3-1-8-2-5-4(7)9-3/h1-2H2,(H,5,7). The highest BCUT2D eigenvalue weighted by Crippen LogP contribution is 1.86. The lowest BCUT2D eigenvalue weighted by atomic mass is 10.7. The lowest BCUT2D eigenvalue weighted by molar-refractivity contribution is -0.140. The summed E-state index contributed by atoms with van der Waals surface area (Å²) in [4.78, 5) is 20.5. The second-order valence-corrected chi connectivity index (χ2v) is 1.43. The molecule has 1 heterocycles. The zero-order valence-corrected chi connectivity index (χ0v) is 4.55. The minimum atomic E-state index is -0.752. The SMILES string of the molecule is O=C1COCNC(=O)O1. The van der Waals surface area contributed by atoms with Crippen LogP contribution < -0.4 is 5.32 Å². The van der Waals surface area contributed by atoms with Crippen LogP contribution in [0.5, 0.6) is 0 Å². The highest BCUT2D eigenvalue weighted by Gasteiger charge is 2.13. The van der Waals surface area contributed by atoms with Gasteiger partial charge in [0, 0.05) is 0 Å². The third kappa shape index (κ3) is 1.69. The van der Waals surface area contributed by atoms with E-state index in [1.165, 1.54) is 0 Å². The van der Waals surface area contributed by atoms with E-state index in [0.717, 1.165) is 0 Å². The Morgan fingerprint density at radius 3 is 3.00 bits per heavy atom. The maximum Gasteiger partial charge on any atom is 0.416 e. The molecule has 0 aromatic heterocycles. The van der Waals surface area contributed by atoms with E-state index < -0.39 is 12.1 Å². The van der Waals surface area contributed by atoms with E-state index >= 15 is 0 Å². The van der Waals surface area contributed by atoms with Gasteiger partial charge in [-0.2, -0.15) is 0 Å². The van der Waals surface area contributed by atoms with Crippen LogP contribution >= 0.6 is 0 Å². The number of rotatable bonds is 0. The number of amides is 1. The lowest BCUT2D eigenvalue weighted by Gasteiger charge is -1.92. The molecule has 5 nitrogen and oxygen atoms in total. The number of nitrogens with one attached hydrogen (secondary N) is 1. The minimum Gasteiger partial charge on any atom is -0.374 e. The fourth-order valence-electron chi connectivity index (χ4n) is 0.413. The molecule has 1 aliphatic rings. The quantitative estimate of drug-likeness (QED) is 0.346. The summed E-state index contributed by atoms with van der Waals surface area (Å²) in [6.07, 6.45) is -0.752. The van der Waals surface area contributed by atoms with Crippen LogP contribution in [-0.2, 0) is 14.3 Å². The van der Waals surface area contributed by atoms with Crippen LogP contribution in [0.15, 0.2) is 0 Å². The Morgan fingerprint density at radius 1 is 1.44 bits per heavy atom. The summed E-state index contributed by atoms with van der Waals surface area (Å²) < 4.78 is 8.67. The first-order chi connectivity index (χ1) is 4.29. The van der Waals surface area contributed by atoms with Crippen molar-refractivity contribution in [2.75, 3.05) is 13.3 Å². The van der Waals surface area contributed by atoms with Gasteiger partial charge in [0.2, 0.25) is 0 Å².